The van der Waals surface area contributed by atoms with Crippen LogP contribution < -0.4 is 0 Å². The van der Waals surface area contributed by atoms with Crippen LogP contribution >= 0.6 is 0 Å². The van der Waals surface area contributed by atoms with Crippen LogP contribution in [-0.4, -0.2) is 25.0 Å². The predicted octanol–water partition coefficient (Wildman–Crippen LogP) is 3.97. The van der Waals surface area contributed by atoms with Crippen molar-refractivity contribution in [3.8, 4) is 39.9 Å². The van der Waals surface area contributed by atoms with Gasteiger partial charge in [-0.1, -0.05) is 60.7 Å². The fraction of sp³-hybridized carbons (Fsp3) is 0. The lowest BCUT2D eigenvalue weighted by Gasteiger charge is -2.08. The van der Waals surface area contributed by atoms with Crippen LogP contribution in [-0.2, 0) is 0 Å². The maximum Gasteiger partial charge on any atom is 0.167 e. The van der Waals surface area contributed by atoms with Gasteiger partial charge in [0.05, 0.1) is 11.8 Å². The molecule has 1 N–H and O–H groups in total. The maximum atomic E-state index is 10.1. The molecule has 0 radical (unpaired) electrons. The molecule has 0 bridgehead atoms. The maximum absolute atomic E-state index is 10.1. The van der Waals surface area contributed by atoms with Crippen molar-refractivity contribution in [2.24, 2.45) is 0 Å². The number of aromatic nitrogens is 4. The van der Waals surface area contributed by atoms with Gasteiger partial charge in [-0.05, 0) is 6.07 Å². The first-order chi connectivity index (χ1) is 12.3. The Bertz CT molecular complexity index is 947. The molecule has 0 spiro atoms. The fourth-order valence-corrected chi connectivity index (χ4v) is 2.50. The Balaban J connectivity index is 1.94. The summed E-state index contributed by atoms with van der Waals surface area (Å²) in [5.74, 6) is 1.56. The topological polar surface area (TPSA) is 71.8 Å². The van der Waals surface area contributed by atoms with Crippen molar-refractivity contribution in [3.63, 3.8) is 0 Å². The van der Waals surface area contributed by atoms with Crippen LogP contribution in [0, 0.1) is 0 Å². The molecule has 0 aliphatic carbocycles. The third-order valence-corrected chi connectivity index (χ3v) is 3.74. The van der Waals surface area contributed by atoms with Crippen molar-refractivity contribution in [3.05, 3.63) is 79.1 Å². The first-order valence-corrected chi connectivity index (χ1v) is 7.81. The first kappa shape index (κ1) is 15.0. The SMILES string of the molecule is Oc1cnccc1-c1nc(-c2ccccc2)nc(-c2ccccc2)n1. The lowest BCUT2D eigenvalue weighted by Crippen LogP contribution is -2.00. The van der Waals surface area contributed by atoms with Crippen molar-refractivity contribution in [2.45, 2.75) is 0 Å². The second-order valence-corrected chi connectivity index (χ2v) is 5.43. The highest BCUT2D eigenvalue weighted by atomic mass is 16.3. The molecule has 4 rings (SSSR count). The van der Waals surface area contributed by atoms with Gasteiger partial charge in [-0.3, -0.25) is 4.98 Å². The Morgan fingerprint density at radius 2 is 1.12 bits per heavy atom. The van der Waals surface area contributed by atoms with Crippen molar-refractivity contribution in [1.82, 2.24) is 19.9 Å². The first-order valence-electron chi connectivity index (χ1n) is 7.81. The van der Waals surface area contributed by atoms with Gasteiger partial charge in [0.15, 0.2) is 17.5 Å². The van der Waals surface area contributed by atoms with E-state index in [-0.39, 0.29) is 5.75 Å². The van der Waals surface area contributed by atoms with Crippen LogP contribution in [0.25, 0.3) is 34.2 Å². The van der Waals surface area contributed by atoms with E-state index >= 15 is 0 Å². The summed E-state index contributed by atoms with van der Waals surface area (Å²) in [6.45, 7) is 0. The monoisotopic (exact) mass is 326 g/mol. The third kappa shape index (κ3) is 3.07. The summed E-state index contributed by atoms with van der Waals surface area (Å²) in [7, 11) is 0. The molecule has 0 amide bonds. The van der Waals surface area contributed by atoms with Crippen LogP contribution in [0.3, 0.4) is 0 Å². The summed E-state index contributed by atoms with van der Waals surface area (Å²) in [6, 6.07) is 21.1. The zero-order valence-corrected chi connectivity index (χ0v) is 13.2. The highest BCUT2D eigenvalue weighted by Gasteiger charge is 2.14. The van der Waals surface area contributed by atoms with Crippen LogP contribution in [0.4, 0.5) is 0 Å². The summed E-state index contributed by atoms with van der Waals surface area (Å²) in [5, 5.41) is 10.1. The van der Waals surface area contributed by atoms with Crippen molar-refractivity contribution >= 4 is 0 Å². The van der Waals surface area contributed by atoms with Gasteiger partial charge in [0.25, 0.3) is 0 Å². The molecule has 2 aromatic heterocycles. The quantitative estimate of drug-likeness (QED) is 0.616. The summed E-state index contributed by atoms with van der Waals surface area (Å²) >= 11 is 0. The van der Waals surface area contributed by atoms with Gasteiger partial charge in [0, 0.05) is 17.3 Å². The number of hydrogen-bond acceptors (Lipinski definition) is 5. The molecule has 0 aliphatic heterocycles. The highest BCUT2D eigenvalue weighted by molar-refractivity contribution is 5.68. The lowest BCUT2D eigenvalue weighted by atomic mass is 10.1. The molecule has 0 atom stereocenters. The molecule has 2 heterocycles. The molecule has 0 aliphatic rings. The average molecular weight is 326 g/mol. The second-order valence-electron chi connectivity index (χ2n) is 5.43. The van der Waals surface area contributed by atoms with E-state index in [2.05, 4.69) is 19.9 Å². The minimum absolute atomic E-state index is 0.0340. The minimum Gasteiger partial charge on any atom is -0.506 e. The van der Waals surface area contributed by atoms with E-state index in [0.717, 1.165) is 11.1 Å². The molecular formula is C20H14N4O. The van der Waals surface area contributed by atoms with Crippen LogP contribution in [0.2, 0.25) is 0 Å². The van der Waals surface area contributed by atoms with Gasteiger partial charge in [0.2, 0.25) is 0 Å². The van der Waals surface area contributed by atoms with E-state index in [4.69, 9.17) is 0 Å². The van der Waals surface area contributed by atoms with Gasteiger partial charge in [-0.25, -0.2) is 15.0 Å². The van der Waals surface area contributed by atoms with E-state index in [1.54, 1.807) is 12.3 Å². The molecule has 0 saturated carbocycles. The molecule has 4 aromatic rings. The minimum atomic E-state index is 0.0340. The Morgan fingerprint density at radius 1 is 0.600 bits per heavy atom. The van der Waals surface area contributed by atoms with Gasteiger partial charge in [0.1, 0.15) is 5.75 Å². The van der Waals surface area contributed by atoms with Crippen LogP contribution in [0.15, 0.2) is 79.1 Å². The van der Waals surface area contributed by atoms with Gasteiger partial charge >= 0.3 is 0 Å². The molecule has 120 valence electrons. The molecule has 5 heteroatoms. The number of pyridine rings is 1. The summed E-state index contributed by atoms with van der Waals surface area (Å²) < 4.78 is 0. The molecule has 25 heavy (non-hydrogen) atoms. The molecule has 0 fully saturated rings. The summed E-state index contributed by atoms with van der Waals surface area (Å²) in [5.41, 5.74) is 2.29. The summed E-state index contributed by atoms with van der Waals surface area (Å²) in [6.07, 6.45) is 2.98. The Hall–Kier alpha value is -3.60. The van der Waals surface area contributed by atoms with Gasteiger partial charge in [-0.15, -0.1) is 0 Å². The molecule has 2 aromatic carbocycles. The number of hydrogen-bond donors (Lipinski definition) is 1. The largest absolute Gasteiger partial charge is 0.506 e. The van der Waals surface area contributed by atoms with E-state index < -0.39 is 0 Å². The Morgan fingerprint density at radius 3 is 1.64 bits per heavy atom. The van der Waals surface area contributed by atoms with E-state index in [1.165, 1.54) is 6.20 Å². The van der Waals surface area contributed by atoms with Gasteiger partial charge in [-0.2, -0.15) is 0 Å². The van der Waals surface area contributed by atoms with E-state index in [9.17, 15) is 5.11 Å². The van der Waals surface area contributed by atoms with Gasteiger partial charge < -0.3 is 5.11 Å². The highest BCUT2D eigenvalue weighted by Crippen LogP contribution is 2.28. The number of aromatic hydroxyl groups is 1. The predicted molar refractivity (Wildman–Crippen MR) is 95.6 cm³/mol. The lowest BCUT2D eigenvalue weighted by molar-refractivity contribution is 0.474. The second kappa shape index (κ2) is 6.49. The fourth-order valence-electron chi connectivity index (χ4n) is 2.50. The van der Waals surface area contributed by atoms with Crippen molar-refractivity contribution < 1.29 is 5.11 Å². The smallest absolute Gasteiger partial charge is 0.167 e. The Labute approximate surface area is 144 Å². The van der Waals surface area contributed by atoms with Crippen LogP contribution in [0.1, 0.15) is 0 Å². The zero-order valence-electron chi connectivity index (χ0n) is 13.2. The average Bonchev–Trinajstić information content (AvgIpc) is 2.69. The standard InChI is InChI=1S/C20H14N4O/c25-17-13-21-12-11-16(17)20-23-18(14-7-3-1-4-8-14)22-19(24-20)15-9-5-2-6-10-15/h1-13,25H. The van der Waals surface area contributed by atoms with Crippen LogP contribution in [0.5, 0.6) is 5.75 Å². The van der Waals surface area contributed by atoms with Crippen molar-refractivity contribution in [2.75, 3.05) is 0 Å². The van der Waals surface area contributed by atoms with E-state index in [0.29, 0.717) is 23.0 Å². The molecule has 0 saturated heterocycles. The number of benzene rings is 2. The Kier molecular flexibility index (Phi) is 3.88. The molecule has 5 nitrogen and oxygen atoms in total. The van der Waals surface area contributed by atoms with E-state index in [1.807, 2.05) is 60.7 Å². The normalized spacial score (nSPS) is 10.6. The molecular weight excluding hydrogens is 312 g/mol. The number of rotatable bonds is 3. The third-order valence-electron chi connectivity index (χ3n) is 3.74. The summed E-state index contributed by atoms with van der Waals surface area (Å²) in [4.78, 5) is 17.6. The van der Waals surface area contributed by atoms with Crippen molar-refractivity contribution in [1.29, 1.82) is 0 Å². The number of nitrogens with zero attached hydrogens (tertiary/aromatic N) is 4. The zero-order chi connectivity index (χ0) is 17.1. The molecule has 0 unspecified atom stereocenters.